The van der Waals surface area contributed by atoms with E-state index in [1.807, 2.05) is 7.05 Å². The van der Waals surface area contributed by atoms with Crippen molar-refractivity contribution in [2.45, 2.75) is 51.6 Å². The molecule has 3 aliphatic rings. The summed E-state index contributed by atoms with van der Waals surface area (Å²) >= 11 is 0. The van der Waals surface area contributed by atoms with Crippen LogP contribution in [-0.4, -0.2) is 79.6 Å². The van der Waals surface area contributed by atoms with Crippen molar-refractivity contribution in [2.75, 3.05) is 52.9 Å². The van der Waals surface area contributed by atoms with Crippen LogP contribution in [-0.2, 0) is 6.54 Å². The van der Waals surface area contributed by atoms with Gasteiger partial charge in [-0.1, -0.05) is 37.3 Å². The average molecular weight is 412 g/mol. The molecule has 3 aliphatic heterocycles. The first-order valence-corrected chi connectivity index (χ1v) is 12.2. The number of nitrogens with one attached hydrogen (secondary N) is 1. The molecule has 5 nitrogen and oxygen atoms in total. The van der Waals surface area contributed by atoms with E-state index in [-0.39, 0.29) is 0 Å². The van der Waals surface area contributed by atoms with E-state index in [0.29, 0.717) is 0 Å². The Kier molecular flexibility index (Phi) is 7.67. The van der Waals surface area contributed by atoms with Crippen LogP contribution in [0.4, 0.5) is 0 Å². The van der Waals surface area contributed by atoms with Gasteiger partial charge in [0.1, 0.15) is 0 Å². The molecule has 5 heteroatoms. The quantitative estimate of drug-likeness (QED) is 0.575. The number of aliphatic imine (C=N–C) groups is 1. The Bertz CT molecular complexity index is 675. The Labute approximate surface area is 183 Å². The van der Waals surface area contributed by atoms with E-state index in [4.69, 9.17) is 0 Å². The molecular formula is C25H41N5. The molecule has 3 atom stereocenters. The van der Waals surface area contributed by atoms with Crippen molar-refractivity contribution >= 4 is 5.96 Å². The number of benzene rings is 1. The smallest absolute Gasteiger partial charge is 0.193 e. The molecule has 3 saturated heterocycles. The van der Waals surface area contributed by atoms with E-state index >= 15 is 0 Å². The Balaban J connectivity index is 1.28. The SMILES string of the molecule is CCCN1CCC(CNC(=NC)N2CCC3C(CCCN3Cc3ccccc3)C2)C1. The van der Waals surface area contributed by atoms with E-state index < -0.39 is 0 Å². The lowest BCUT2D eigenvalue weighted by atomic mass is 9.83. The first-order chi connectivity index (χ1) is 14.8. The number of hydrogen-bond donors (Lipinski definition) is 1. The molecule has 1 N–H and O–H groups in total. The molecule has 3 fully saturated rings. The van der Waals surface area contributed by atoms with Crippen molar-refractivity contribution in [1.82, 2.24) is 20.0 Å². The van der Waals surface area contributed by atoms with Gasteiger partial charge in [0, 0.05) is 45.8 Å². The van der Waals surface area contributed by atoms with Gasteiger partial charge >= 0.3 is 0 Å². The van der Waals surface area contributed by atoms with Crippen LogP contribution in [0, 0.1) is 11.8 Å². The van der Waals surface area contributed by atoms with Gasteiger partial charge in [-0.15, -0.1) is 0 Å². The van der Waals surface area contributed by atoms with Crippen LogP contribution in [0.1, 0.15) is 44.6 Å². The van der Waals surface area contributed by atoms with E-state index in [2.05, 4.69) is 62.3 Å². The second kappa shape index (κ2) is 10.6. The van der Waals surface area contributed by atoms with Gasteiger partial charge in [-0.3, -0.25) is 9.89 Å². The highest BCUT2D eigenvalue weighted by atomic mass is 15.3. The summed E-state index contributed by atoms with van der Waals surface area (Å²) in [6.07, 6.45) is 6.52. The van der Waals surface area contributed by atoms with Crippen molar-refractivity contribution in [3.8, 4) is 0 Å². The van der Waals surface area contributed by atoms with Crippen LogP contribution >= 0.6 is 0 Å². The number of hydrogen-bond acceptors (Lipinski definition) is 3. The van der Waals surface area contributed by atoms with Crippen LogP contribution in [0.3, 0.4) is 0 Å². The molecule has 3 unspecified atom stereocenters. The summed E-state index contributed by atoms with van der Waals surface area (Å²) in [5.74, 6) is 2.66. The second-order valence-electron chi connectivity index (χ2n) is 9.54. The summed E-state index contributed by atoms with van der Waals surface area (Å²) < 4.78 is 0. The van der Waals surface area contributed by atoms with Crippen molar-refractivity contribution in [2.24, 2.45) is 16.8 Å². The van der Waals surface area contributed by atoms with E-state index in [1.54, 1.807) is 0 Å². The molecule has 30 heavy (non-hydrogen) atoms. The first-order valence-electron chi connectivity index (χ1n) is 12.2. The van der Waals surface area contributed by atoms with Gasteiger partial charge in [-0.25, -0.2) is 0 Å². The summed E-state index contributed by atoms with van der Waals surface area (Å²) in [7, 11) is 1.95. The Morgan fingerprint density at radius 3 is 2.73 bits per heavy atom. The molecule has 1 aromatic carbocycles. The molecule has 0 amide bonds. The Morgan fingerprint density at radius 1 is 1.07 bits per heavy atom. The normalized spacial score (nSPS) is 28.5. The zero-order chi connectivity index (χ0) is 20.8. The molecule has 0 aliphatic carbocycles. The minimum absolute atomic E-state index is 0.728. The van der Waals surface area contributed by atoms with Gasteiger partial charge < -0.3 is 15.1 Å². The van der Waals surface area contributed by atoms with E-state index in [1.165, 1.54) is 63.8 Å². The van der Waals surface area contributed by atoms with Crippen molar-refractivity contribution in [3.63, 3.8) is 0 Å². The van der Waals surface area contributed by atoms with Gasteiger partial charge in [0.05, 0.1) is 0 Å². The molecule has 0 bridgehead atoms. The maximum absolute atomic E-state index is 4.66. The molecule has 4 rings (SSSR count). The van der Waals surface area contributed by atoms with E-state index in [0.717, 1.165) is 50.0 Å². The number of likely N-dealkylation sites (tertiary alicyclic amines) is 3. The lowest BCUT2D eigenvalue weighted by Gasteiger charge is -2.48. The average Bonchev–Trinajstić information content (AvgIpc) is 3.23. The number of nitrogens with zero attached hydrogens (tertiary/aromatic N) is 4. The van der Waals surface area contributed by atoms with Crippen LogP contribution in [0.15, 0.2) is 35.3 Å². The monoisotopic (exact) mass is 411 g/mol. The summed E-state index contributed by atoms with van der Waals surface area (Å²) in [5, 5.41) is 3.73. The minimum Gasteiger partial charge on any atom is -0.356 e. The summed E-state index contributed by atoms with van der Waals surface area (Å²) in [6, 6.07) is 11.7. The molecule has 1 aromatic rings. The lowest BCUT2D eigenvalue weighted by molar-refractivity contribution is 0.0372. The van der Waals surface area contributed by atoms with Crippen LogP contribution < -0.4 is 5.32 Å². The van der Waals surface area contributed by atoms with Crippen molar-refractivity contribution < 1.29 is 0 Å². The van der Waals surface area contributed by atoms with Crippen LogP contribution in [0.2, 0.25) is 0 Å². The number of fused-ring (bicyclic) bond motifs is 1. The van der Waals surface area contributed by atoms with Crippen molar-refractivity contribution in [3.05, 3.63) is 35.9 Å². The highest BCUT2D eigenvalue weighted by molar-refractivity contribution is 5.80. The number of rotatable bonds is 6. The Hall–Kier alpha value is -1.59. The molecular weight excluding hydrogens is 370 g/mol. The molecule has 0 aromatic heterocycles. The highest BCUT2D eigenvalue weighted by Gasteiger charge is 2.36. The molecule has 3 heterocycles. The predicted octanol–water partition coefficient (Wildman–Crippen LogP) is 3.28. The topological polar surface area (TPSA) is 34.1 Å². The second-order valence-corrected chi connectivity index (χ2v) is 9.54. The van der Waals surface area contributed by atoms with Gasteiger partial charge in [0.2, 0.25) is 0 Å². The summed E-state index contributed by atoms with van der Waals surface area (Å²) in [6.45, 7) is 11.7. The third-order valence-electron chi connectivity index (χ3n) is 7.38. The third-order valence-corrected chi connectivity index (χ3v) is 7.38. The molecule has 0 saturated carbocycles. The van der Waals surface area contributed by atoms with E-state index in [9.17, 15) is 0 Å². The van der Waals surface area contributed by atoms with Gasteiger partial charge in [0.15, 0.2) is 5.96 Å². The largest absolute Gasteiger partial charge is 0.356 e. The predicted molar refractivity (Wildman–Crippen MR) is 126 cm³/mol. The fourth-order valence-electron chi connectivity index (χ4n) is 5.88. The maximum atomic E-state index is 4.66. The molecule has 0 spiro atoms. The maximum Gasteiger partial charge on any atom is 0.193 e. The summed E-state index contributed by atoms with van der Waals surface area (Å²) in [5.41, 5.74) is 1.45. The fraction of sp³-hybridized carbons (Fsp3) is 0.720. The Morgan fingerprint density at radius 2 is 1.93 bits per heavy atom. The minimum atomic E-state index is 0.728. The van der Waals surface area contributed by atoms with Gasteiger partial charge in [-0.2, -0.15) is 0 Å². The van der Waals surface area contributed by atoms with Gasteiger partial charge in [-0.05, 0) is 69.1 Å². The fourth-order valence-corrected chi connectivity index (χ4v) is 5.88. The molecule has 166 valence electrons. The highest BCUT2D eigenvalue weighted by Crippen LogP contribution is 2.31. The zero-order valence-corrected chi connectivity index (χ0v) is 19.1. The zero-order valence-electron chi connectivity index (χ0n) is 19.1. The van der Waals surface area contributed by atoms with Crippen molar-refractivity contribution in [1.29, 1.82) is 0 Å². The standard InChI is InChI=1S/C25H41N5/c1-3-13-28-15-11-22(18-28)17-27-25(26-2)30-16-12-24-23(20-30)10-7-14-29(24)19-21-8-5-4-6-9-21/h4-6,8-9,22-24H,3,7,10-20H2,1-2H3,(H,26,27). The van der Waals surface area contributed by atoms with Gasteiger partial charge in [0.25, 0.3) is 0 Å². The third kappa shape index (κ3) is 5.36. The number of piperidine rings is 2. The molecule has 0 radical (unpaired) electrons. The number of guanidine groups is 1. The summed E-state index contributed by atoms with van der Waals surface area (Å²) in [4.78, 5) is 12.6. The lowest BCUT2D eigenvalue weighted by Crippen LogP contribution is -2.57. The van der Waals surface area contributed by atoms with Crippen LogP contribution in [0.25, 0.3) is 0 Å². The van der Waals surface area contributed by atoms with Crippen LogP contribution in [0.5, 0.6) is 0 Å². The first kappa shape index (κ1) is 21.6.